The third-order valence-electron chi connectivity index (χ3n) is 2.33. The Hall–Kier alpha value is -1.26. The van der Waals surface area contributed by atoms with E-state index < -0.39 is 0 Å². The van der Waals surface area contributed by atoms with Crippen LogP contribution in [0.1, 0.15) is 31.4 Å². The highest BCUT2D eigenvalue weighted by atomic mass is 14.8. The topological polar surface area (TPSA) is 12.0 Å². The summed E-state index contributed by atoms with van der Waals surface area (Å²) in [5.74, 6) is 7.04. The third-order valence-corrected chi connectivity index (χ3v) is 2.33. The van der Waals surface area contributed by atoms with Gasteiger partial charge in [0.15, 0.2) is 0 Å². The Morgan fingerprint density at radius 2 is 1.88 bits per heavy atom. The van der Waals surface area contributed by atoms with Crippen LogP contribution in [0.2, 0.25) is 0 Å². The molecule has 0 aliphatic rings. The fourth-order valence-corrected chi connectivity index (χ4v) is 1.55. The Labute approximate surface area is 99.3 Å². The molecule has 0 bridgehead atoms. The standard InChI is InChI=1S/C15H21N/c1-13(2)12-15-9-7-14(8-10-15)6-4-5-11-16-3/h7-10,13,16H,5,11-12H2,1-3H3. The minimum atomic E-state index is 0.715. The highest BCUT2D eigenvalue weighted by molar-refractivity contribution is 5.36. The van der Waals surface area contributed by atoms with Gasteiger partial charge in [0, 0.05) is 18.5 Å². The minimum absolute atomic E-state index is 0.715. The lowest BCUT2D eigenvalue weighted by molar-refractivity contribution is 0.647. The van der Waals surface area contributed by atoms with Crippen LogP contribution in [0, 0.1) is 17.8 Å². The van der Waals surface area contributed by atoms with Gasteiger partial charge in [-0.05, 0) is 37.1 Å². The van der Waals surface area contributed by atoms with Crippen molar-refractivity contribution in [2.45, 2.75) is 26.7 Å². The van der Waals surface area contributed by atoms with Gasteiger partial charge in [0.05, 0.1) is 0 Å². The molecule has 0 aliphatic carbocycles. The van der Waals surface area contributed by atoms with Crippen LogP contribution in [-0.4, -0.2) is 13.6 Å². The fourth-order valence-electron chi connectivity index (χ4n) is 1.55. The van der Waals surface area contributed by atoms with Crippen LogP contribution < -0.4 is 5.32 Å². The van der Waals surface area contributed by atoms with Crippen LogP contribution >= 0.6 is 0 Å². The second kappa shape index (κ2) is 7.09. The monoisotopic (exact) mass is 215 g/mol. The first-order chi connectivity index (χ1) is 7.72. The van der Waals surface area contributed by atoms with Crippen molar-refractivity contribution in [3.63, 3.8) is 0 Å². The van der Waals surface area contributed by atoms with Crippen molar-refractivity contribution >= 4 is 0 Å². The Kier molecular flexibility index (Phi) is 5.67. The molecular formula is C15H21N. The summed E-state index contributed by atoms with van der Waals surface area (Å²) in [6.45, 7) is 5.44. The first-order valence-corrected chi connectivity index (χ1v) is 5.94. The molecule has 0 fully saturated rings. The molecular weight excluding hydrogens is 194 g/mol. The van der Waals surface area contributed by atoms with Gasteiger partial charge in [-0.3, -0.25) is 0 Å². The zero-order chi connectivity index (χ0) is 11.8. The van der Waals surface area contributed by atoms with Crippen molar-refractivity contribution in [3.8, 4) is 11.8 Å². The van der Waals surface area contributed by atoms with Gasteiger partial charge in [-0.1, -0.05) is 37.8 Å². The largest absolute Gasteiger partial charge is 0.319 e. The highest BCUT2D eigenvalue weighted by Gasteiger charge is 1.96. The summed E-state index contributed by atoms with van der Waals surface area (Å²) in [6.07, 6.45) is 2.05. The van der Waals surface area contributed by atoms with Crippen LogP contribution in [0.5, 0.6) is 0 Å². The van der Waals surface area contributed by atoms with Crippen molar-refractivity contribution < 1.29 is 0 Å². The molecule has 1 heteroatoms. The molecule has 1 aromatic carbocycles. The average Bonchev–Trinajstić information content (AvgIpc) is 2.26. The van der Waals surface area contributed by atoms with Gasteiger partial charge in [0.2, 0.25) is 0 Å². The van der Waals surface area contributed by atoms with E-state index in [1.54, 1.807) is 0 Å². The van der Waals surface area contributed by atoms with Crippen LogP contribution in [0.25, 0.3) is 0 Å². The predicted molar refractivity (Wildman–Crippen MR) is 70.4 cm³/mol. The lowest BCUT2D eigenvalue weighted by Crippen LogP contribution is -2.05. The van der Waals surface area contributed by atoms with Crippen LogP contribution in [-0.2, 0) is 6.42 Å². The molecule has 0 aliphatic heterocycles. The molecule has 0 amide bonds. The zero-order valence-corrected chi connectivity index (χ0v) is 10.5. The van der Waals surface area contributed by atoms with Gasteiger partial charge in [-0.25, -0.2) is 0 Å². The molecule has 0 aromatic heterocycles. The van der Waals surface area contributed by atoms with E-state index in [4.69, 9.17) is 0 Å². The maximum atomic E-state index is 3.17. The maximum absolute atomic E-state index is 3.17. The molecule has 0 spiro atoms. The van der Waals surface area contributed by atoms with Crippen LogP contribution in [0.3, 0.4) is 0 Å². The average molecular weight is 215 g/mol. The van der Waals surface area contributed by atoms with E-state index >= 15 is 0 Å². The molecule has 1 rings (SSSR count). The number of rotatable bonds is 4. The fraction of sp³-hybridized carbons (Fsp3) is 0.467. The summed E-state index contributed by atoms with van der Waals surface area (Å²) in [4.78, 5) is 0. The number of nitrogens with one attached hydrogen (secondary N) is 1. The smallest absolute Gasteiger partial charge is 0.0245 e. The van der Waals surface area contributed by atoms with Gasteiger partial charge in [0.1, 0.15) is 0 Å². The van der Waals surface area contributed by atoms with E-state index in [9.17, 15) is 0 Å². The second-order valence-electron chi connectivity index (χ2n) is 4.45. The van der Waals surface area contributed by atoms with Crippen molar-refractivity contribution in [2.24, 2.45) is 5.92 Å². The number of benzene rings is 1. The second-order valence-corrected chi connectivity index (χ2v) is 4.45. The molecule has 16 heavy (non-hydrogen) atoms. The molecule has 1 N–H and O–H groups in total. The van der Waals surface area contributed by atoms with E-state index in [-0.39, 0.29) is 0 Å². The highest BCUT2D eigenvalue weighted by Crippen LogP contribution is 2.09. The summed E-state index contributed by atoms with van der Waals surface area (Å²) in [5.41, 5.74) is 2.51. The molecule has 0 atom stereocenters. The minimum Gasteiger partial charge on any atom is -0.319 e. The van der Waals surface area contributed by atoms with E-state index in [2.05, 4.69) is 55.3 Å². The van der Waals surface area contributed by atoms with Gasteiger partial charge in [-0.15, -0.1) is 0 Å². The lowest BCUT2D eigenvalue weighted by atomic mass is 10.0. The SMILES string of the molecule is CNCCC#Cc1ccc(CC(C)C)cc1. The van der Waals surface area contributed by atoms with E-state index in [0.717, 1.165) is 24.9 Å². The van der Waals surface area contributed by atoms with Crippen molar-refractivity contribution in [2.75, 3.05) is 13.6 Å². The maximum Gasteiger partial charge on any atom is 0.0245 e. The number of hydrogen-bond acceptors (Lipinski definition) is 1. The summed E-state index contributed by atoms with van der Waals surface area (Å²) in [7, 11) is 1.95. The van der Waals surface area contributed by atoms with Gasteiger partial charge in [-0.2, -0.15) is 0 Å². The summed E-state index contributed by atoms with van der Waals surface area (Å²) < 4.78 is 0. The third kappa shape index (κ3) is 5.00. The molecule has 0 unspecified atom stereocenters. The lowest BCUT2D eigenvalue weighted by Gasteiger charge is -2.04. The molecule has 1 nitrogen and oxygen atoms in total. The van der Waals surface area contributed by atoms with E-state index in [1.165, 1.54) is 5.56 Å². The van der Waals surface area contributed by atoms with Crippen molar-refractivity contribution in [3.05, 3.63) is 35.4 Å². The van der Waals surface area contributed by atoms with Gasteiger partial charge < -0.3 is 5.32 Å². The van der Waals surface area contributed by atoms with Gasteiger partial charge >= 0.3 is 0 Å². The zero-order valence-electron chi connectivity index (χ0n) is 10.5. The normalized spacial score (nSPS) is 10.0. The molecule has 0 saturated carbocycles. The summed E-state index contributed by atoms with van der Waals surface area (Å²) in [6, 6.07) is 8.60. The van der Waals surface area contributed by atoms with E-state index in [1.807, 2.05) is 7.05 Å². The first kappa shape index (κ1) is 12.8. The van der Waals surface area contributed by atoms with Crippen molar-refractivity contribution in [1.82, 2.24) is 5.32 Å². The Balaban J connectivity index is 2.53. The summed E-state index contributed by atoms with van der Waals surface area (Å²) >= 11 is 0. The first-order valence-electron chi connectivity index (χ1n) is 5.94. The Morgan fingerprint density at radius 3 is 2.44 bits per heavy atom. The van der Waals surface area contributed by atoms with Crippen LogP contribution in [0.15, 0.2) is 24.3 Å². The molecule has 0 radical (unpaired) electrons. The van der Waals surface area contributed by atoms with Crippen molar-refractivity contribution in [1.29, 1.82) is 0 Å². The molecule has 0 heterocycles. The molecule has 86 valence electrons. The summed E-state index contributed by atoms with van der Waals surface area (Å²) in [5, 5.41) is 3.08. The van der Waals surface area contributed by atoms with Crippen LogP contribution in [0.4, 0.5) is 0 Å². The molecule has 0 saturated heterocycles. The van der Waals surface area contributed by atoms with E-state index in [0.29, 0.717) is 5.92 Å². The Bertz CT molecular complexity index is 351. The van der Waals surface area contributed by atoms with Gasteiger partial charge in [0.25, 0.3) is 0 Å². The quantitative estimate of drug-likeness (QED) is 0.601. The number of hydrogen-bond donors (Lipinski definition) is 1. The predicted octanol–water partition coefficient (Wildman–Crippen LogP) is 2.85. The molecule has 1 aromatic rings. The Morgan fingerprint density at radius 1 is 1.19 bits per heavy atom.